The first-order chi connectivity index (χ1) is 22.3. The van der Waals surface area contributed by atoms with Gasteiger partial charge in [0.05, 0.1) is 16.9 Å². The summed E-state index contributed by atoms with van der Waals surface area (Å²) in [4.78, 5) is 19.8. The third kappa shape index (κ3) is 4.25. The Morgan fingerprint density at radius 1 is 0.444 bits per heavy atom. The van der Waals surface area contributed by atoms with E-state index in [1.165, 1.54) is 5.39 Å². The van der Waals surface area contributed by atoms with Gasteiger partial charge in [0.2, 0.25) is 0 Å². The molecular weight excluding hydrogens is 552 g/mol. The number of hydrogen-bond acceptors (Lipinski definition) is 5. The first-order valence-corrected chi connectivity index (χ1v) is 14.9. The van der Waals surface area contributed by atoms with Gasteiger partial charge in [-0.25, -0.2) is 15.0 Å². The van der Waals surface area contributed by atoms with Crippen LogP contribution >= 0.6 is 0 Å². The molecule has 0 saturated heterocycles. The summed E-state index contributed by atoms with van der Waals surface area (Å²) in [5.74, 6) is 0.669. The van der Waals surface area contributed by atoms with E-state index in [4.69, 9.17) is 24.4 Å². The summed E-state index contributed by atoms with van der Waals surface area (Å²) in [5.41, 5.74) is 9.79. The molecule has 0 bridgehead atoms. The van der Waals surface area contributed by atoms with Crippen LogP contribution in [0.1, 0.15) is 0 Å². The highest BCUT2D eigenvalue weighted by atomic mass is 16.3. The molecule has 5 nitrogen and oxygen atoms in total. The van der Waals surface area contributed by atoms with Gasteiger partial charge in [-0.2, -0.15) is 0 Å². The molecule has 5 heteroatoms. The topological polar surface area (TPSA) is 64.7 Å². The molecule has 0 fully saturated rings. The summed E-state index contributed by atoms with van der Waals surface area (Å²) in [7, 11) is 0. The summed E-state index contributed by atoms with van der Waals surface area (Å²) >= 11 is 0. The van der Waals surface area contributed by atoms with Crippen molar-refractivity contribution in [2.75, 3.05) is 0 Å². The minimum Gasteiger partial charge on any atom is -0.452 e. The van der Waals surface area contributed by atoms with E-state index >= 15 is 0 Å². The van der Waals surface area contributed by atoms with Crippen LogP contribution in [0.3, 0.4) is 0 Å². The molecule has 0 aliphatic heterocycles. The zero-order valence-corrected chi connectivity index (χ0v) is 24.1. The maximum absolute atomic E-state index is 6.33. The molecule has 9 rings (SSSR count). The number of pyridine rings is 2. The van der Waals surface area contributed by atoms with Crippen molar-refractivity contribution in [3.8, 4) is 45.2 Å². The van der Waals surface area contributed by atoms with Crippen LogP contribution in [0.2, 0.25) is 0 Å². The smallest absolute Gasteiger partial charge is 0.180 e. The second kappa shape index (κ2) is 10.2. The molecule has 45 heavy (non-hydrogen) atoms. The zero-order valence-electron chi connectivity index (χ0n) is 24.1. The first-order valence-electron chi connectivity index (χ1n) is 14.9. The van der Waals surface area contributed by atoms with E-state index in [1.807, 2.05) is 72.9 Å². The number of aromatic nitrogens is 4. The third-order valence-electron chi connectivity index (χ3n) is 8.35. The third-order valence-corrected chi connectivity index (χ3v) is 8.35. The molecule has 5 aromatic carbocycles. The highest BCUT2D eigenvalue weighted by Crippen LogP contribution is 2.37. The number of benzene rings is 5. The van der Waals surface area contributed by atoms with Gasteiger partial charge in [0.1, 0.15) is 16.8 Å². The zero-order chi connectivity index (χ0) is 29.7. The van der Waals surface area contributed by atoms with Gasteiger partial charge in [0.15, 0.2) is 11.4 Å². The van der Waals surface area contributed by atoms with Gasteiger partial charge >= 0.3 is 0 Å². The fourth-order valence-electron chi connectivity index (χ4n) is 6.16. The maximum Gasteiger partial charge on any atom is 0.180 e. The van der Waals surface area contributed by atoms with E-state index in [0.717, 1.165) is 72.1 Å². The second-order valence-corrected chi connectivity index (χ2v) is 11.1. The van der Waals surface area contributed by atoms with Crippen molar-refractivity contribution in [1.82, 2.24) is 19.9 Å². The number of nitrogens with zero attached hydrogens (tertiary/aromatic N) is 4. The van der Waals surface area contributed by atoms with E-state index in [1.54, 1.807) is 0 Å². The molecule has 210 valence electrons. The lowest BCUT2D eigenvalue weighted by Crippen LogP contribution is -1.94. The van der Waals surface area contributed by atoms with E-state index in [2.05, 4.69) is 72.8 Å². The number of rotatable bonds is 4. The van der Waals surface area contributed by atoms with Crippen LogP contribution in [0.25, 0.3) is 88.9 Å². The minimum atomic E-state index is 0.669. The van der Waals surface area contributed by atoms with Crippen molar-refractivity contribution < 1.29 is 4.42 Å². The Hall–Kier alpha value is -6.20. The minimum absolute atomic E-state index is 0.669. The van der Waals surface area contributed by atoms with Gasteiger partial charge in [0, 0.05) is 33.5 Å². The second-order valence-electron chi connectivity index (χ2n) is 11.1. The summed E-state index contributed by atoms with van der Waals surface area (Å²) < 4.78 is 6.33. The van der Waals surface area contributed by atoms with Crippen molar-refractivity contribution in [2.45, 2.75) is 0 Å². The van der Waals surface area contributed by atoms with Crippen LogP contribution in [0, 0.1) is 0 Å². The fraction of sp³-hybridized carbons (Fsp3) is 0. The van der Waals surface area contributed by atoms with Gasteiger partial charge in [-0.3, -0.25) is 4.98 Å². The Morgan fingerprint density at radius 2 is 1.13 bits per heavy atom. The van der Waals surface area contributed by atoms with Crippen LogP contribution in [0.15, 0.2) is 150 Å². The Kier molecular flexibility index (Phi) is 5.74. The van der Waals surface area contributed by atoms with Crippen LogP contribution in [-0.4, -0.2) is 19.9 Å². The lowest BCUT2D eigenvalue weighted by molar-refractivity contribution is 0.667. The molecule has 0 spiro atoms. The SMILES string of the molecule is c1ccc(-c2nc(-c3ccc(-c4ccnc(-c5nc6ccccc6c6ccccc56)c4)cc3)c3oc4ccccc4c3n2)cc1. The summed E-state index contributed by atoms with van der Waals surface area (Å²) in [6, 6.07) is 47.4. The Bertz CT molecular complexity index is 2540. The normalized spacial score (nSPS) is 11.6. The van der Waals surface area contributed by atoms with Crippen molar-refractivity contribution in [1.29, 1.82) is 0 Å². The van der Waals surface area contributed by atoms with Crippen molar-refractivity contribution in [2.24, 2.45) is 0 Å². The fourth-order valence-corrected chi connectivity index (χ4v) is 6.16. The molecule has 0 aliphatic carbocycles. The Labute approximate surface area is 258 Å². The van der Waals surface area contributed by atoms with Crippen LogP contribution < -0.4 is 0 Å². The quantitative estimate of drug-likeness (QED) is 0.195. The maximum atomic E-state index is 6.33. The number of furan rings is 1. The predicted molar refractivity (Wildman–Crippen MR) is 182 cm³/mol. The van der Waals surface area contributed by atoms with E-state index in [0.29, 0.717) is 11.4 Å². The molecule has 4 aromatic heterocycles. The molecule has 0 atom stereocenters. The van der Waals surface area contributed by atoms with Crippen LogP contribution in [0.5, 0.6) is 0 Å². The Morgan fingerprint density at radius 3 is 1.98 bits per heavy atom. The molecule has 0 aliphatic rings. The van der Waals surface area contributed by atoms with Crippen molar-refractivity contribution in [3.05, 3.63) is 146 Å². The average molecular weight is 577 g/mol. The van der Waals surface area contributed by atoms with E-state index < -0.39 is 0 Å². The van der Waals surface area contributed by atoms with Gasteiger partial charge in [0.25, 0.3) is 0 Å². The standard InChI is InChI=1S/C40H24N4O/c1-2-10-27(11-3-1)40-43-36(39-38(44-40)32-15-7-9-17-35(32)45-39)26-20-18-25(19-21-26)28-22-23-41-34(24-28)37-31-14-5-4-12-29(31)30-13-6-8-16-33(30)42-37/h1-24H. The van der Waals surface area contributed by atoms with Crippen LogP contribution in [0.4, 0.5) is 0 Å². The van der Waals surface area contributed by atoms with Gasteiger partial charge in [-0.15, -0.1) is 0 Å². The van der Waals surface area contributed by atoms with Crippen molar-refractivity contribution >= 4 is 43.7 Å². The highest BCUT2D eigenvalue weighted by Gasteiger charge is 2.18. The van der Waals surface area contributed by atoms with Crippen molar-refractivity contribution in [3.63, 3.8) is 0 Å². The summed E-state index contributed by atoms with van der Waals surface area (Å²) in [5, 5.41) is 4.38. The average Bonchev–Trinajstić information content (AvgIpc) is 3.50. The number of fused-ring (bicyclic) bond motifs is 6. The molecule has 0 radical (unpaired) electrons. The number of hydrogen-bond donors (Lipinski definition) is 0. The summed E-state index contributed by atoms with van der Waals surface area (Å²) in [6.45, 7) is 0. The highest BCUT2D eigenvalue weighted by molar-refractivity contribution is 6.11. The first kappa shape index (κ1) is 25.3. The molecule has 0 N–H and O–H groups in total. The molecule has 0 saturated carbocycles. The number of para-hydroxylation sites is 2. The lowest BCUT2D eigenvalue weighted by Gasteiger charge is -2.11. The molecular formula is C40H24N4O. The molecule has 0 amide bonds. The van der Waals surface area contributed by atoms with Gasteiger partial charge in [-0.05, 0) is 46.8 Å². The van der Waals surface area contributed by atoms with Gasteiger partial charge < -0.3 is 4.42 Å². The monoisotopic (exact) mass is 576 g/mol. The van der Waals surface area contributed by atoms with Gasteiger partial charge in [-0.1, -0.05) is 109 Å². The largest absolute Gasteiger partial charge is 0.452 e. The molecule has 4 heterocycles. The molecule has 9 aromatic rings. The van der Waals surface area contributed by atoms with Crippen LogP contribution in [-0.2, 0) is 0 Å². The van der Waals surface area contributed by atoms with E-state index in [9.17, 15) is 0 Å². The predicted octanol–water partition coefficient (Wildman–Crippen LogP) is 10.1. The summed E-state index contributed by atoms with van der Waals surface area (Å²) in [6.07, 6.45) is 1.86. The van der Waals surface area contributed by atoms with E-state index in [-0.39, 0.29) is 0 Å². The molecule has 0 unspecified atom stereocenters. The lowest BCUT2D eigenvalue weighted by atomic mass is 9.99. The Balaban J connectivity index is 1.15.